The van der Waals surface area contributed by atoms with Crippen molar-refractivity contribution >= 4 is 28.9 Å². The van der Waals surface area contributed by atoms with E-state index in [0.717, 1.165) is 0 Å². The predicted molar refractivity (Wildman–Crippen MR) is 79.3 cm³/mol. The van der Waals surface area contributed by atoms with Crippen LogP contribution in [-0.4, -0.2) is 18.0 Å². The molecule has 20 heavy (non-hydrogen) atoms. The quantitative estimate of drug-likeness (QED) is 0.673. The number of methoxy groups -OCH3 is 1. The van der Waals surface area contributed by atoms with E-state index < -0.39 is 0 Å². The molecular formula is C14H14ClN3O2. The first kappa shape index (κ1) is 14.1. The summed E-state index contributed by atoms with van der Waals surface area (Å²) in [6.07, 6.45) is 0. The minimum Gasteiger partial charge on any atom is -0.495 e. The van der Waals surface area contributed by atoms with E-state index in [-0.39, 0.29) is 5.91 Å². The molecule has 0 aliphatic carbocycles. The highest BCUT2D eigenvalue weighted by atomic mass is 35.5. The van der Waals surface area contributed by atoms with E-state index >= 15 is 0 Å². The molecule has 6 heteroatoms. The van der Waals surface area contributed by atoms with Gasteiger partial charge in [-0.05, 0) is 37.3 Å². The van der Waals surface area contributed by atoms with Gasteiger partial charge in [0.05, 0.1) is 24.2 Å². The summed E-state index contributed by atoms with van der Waals surface area (Å²) in [5.74, 6) is 0.194. The Morgan fingerprint density at radius 1 is 1.35 bits per heavy atom. The third-order valence-electron chi connectivity index (χ3n) is 2.80. The summed E-state index contributed by atoms with van der Waals surface area (Å²) >= 11 is 5.77. The molecule has 0 spiro atoms. The smallest absolute Gasteiger partial charge is 0.255 e. The molecular weight excluding hydrogens is 278 g/mol. The Balaban J connectivity index is 2.24. The highest BCUT2D eigenvalue weighted by Crippen LogP contribution is 2.23. The van der Waals surface area contributed by atoms with Crippen LogP contribution >= 0.6 is 11.6 Å². The molecule has 2 aromatic rings. The number of amides is 1. The van der Waals surface area contributed by atoms with Crippen LogP contribution in [0.4, 0.5) is 11.4 Å². The molecule has 0 radical (unpaired) electrons. The Morgan fingerprint density at radius 3 is 2.75 bits per heavy atom. The van der Waals surface area contributed by atoms with Crippen molar-refractivity contribution in [1.29, 1.82) is 0 Å². The van der Waals surface area contributed by atoms with Gasteiger partial charge in [0.1, 0.15) is 10.9 Å². The minimum absolute atomic E-state index is 0.268. The van der Waals surface area contributed by atoms with Crippen LogP contribution in [-0.2, 0) is 0 Å². The first-order chi connectivity index (χ1) is 9.51. The number of nitrogen functional groups attached to an aromatic ring is 1. The molecule has 0 fully saturated rings. The summed E-state index contributed by atoms with van der Waals surface area (Å²) < 4.78 is 5.09. The summed E-state index contributed by atoms with van der Waals surface area (Å²) in [4.78, 5) is 16.2. The number of aromatic nitrogens is 1. The molecule has 1 amide bonds. The predicted octanol–water partition coefficient (Wildman–Crippen LogP) is 2.89. The van der Waals surface area contributed by atoms with Crippen molar-refractivity contribution in [3.05, 3.63) is 46.7 Å². The first-order valence-corrected chi connectivity index (χ1v) is 6.27. The van der Waals surface area contributed by atoms with Crippen molar-refractivity contribution in [1.82, 2.24) is 4.98 Å². The molecule has 0 aliphatic rings. The first-order valence-electron chi connectivity index (χ1n) is 5.89. The summed E-state index contributed by atoms with van der Waals surface area (Å²) in [6.45, 7) is 1.77. The van der Waals surface area contributed by atoms with E-state index in [0.29, 0.717) is 33.5 Å². The van der Waals surface area contributed by atoms with Crippen molar-refractivity contribution in [3.8, 4) is 5.75 Å². The summed E-state index contributed by atoms with van der Waals surface area (Å²) in [7, 11) is 1.50. The molecule has 0 aliphatic heterocycles. The lowest BCUT2D eigenvalue weighted by Gasteiger charge is -2.10. The highest BCUT2D eigenvalue weighted by Gasteiger charge is 2.11. The fourth-order valence-corrected chi connectivity index (χ4v) is 1.90. The number of pyridine rings is 1. The van der Waals surface area contributed by atoms with Crippen LogP contribution in [0, 0.1) is 6.92 Å². The molecule has 0 atom stereocenters. The van der Waals surface area contributed by atoms with Crippen LogP contribution in [0.3, 0.4) is 0 Å². The molecule has 1 heterocycles. The standard InChI is InChI=1S/C14H14ClN3O2/c1-8-11(5-6-13(15)17-8)18-14(19)9-3-4-10(16)12(7-9)20-2/h3-7H,16H2,1-2H3,(H,18,19). The second-order valence-corrected chi connectivity index (χ2v) is 4.57. The van der Waals surface area contributed by atoms with Gasteiger partial charge in [0.25, 0.3) is 5.91 Å². The highest BCUT2D eigenvalue weighted by molar-refractivity contribution is 6.29. The number of anilines is 2. The van der Waals surface area contributed by atoms with Gasteiger partial charge < -0.3 is 15.8 Å². The second kappa shape index (κ2) is 5.79. The summed E-state index contributed by atoms with van der Waals surface area (Å²) in [6, 6.07) is 8.17. The number of carbonyl (C=O) groups is 1. The molecule has 0 saturated heterocycles. The average Bonchev–Trinajstić information content (AvgIpc) is 2.42. The molecule has 0 unspecified atom stereocenters. The number of benzene rings is 1. The zero-order valence-corrected chi connectivity index (χ0v) is 11.9. The molecule has 5 nitrogen and oxygen atoms in total. The molecule has 2 rings (SSSR count). The molecule has 1 aromatic heterocycles. The number of rotatable bonds is 3. The zero-order valence-electron chi connectivity index (χ0n) is 11.1. The lowest BCUT2D eigenvalue weighted by atomic mass is 10.1. The van der Waals surface area contributed by atoms with Crippen molar-refractivity contribution in [3.63, 3.8) is 0 Å². The van der Waals surface area contributed by atoms with Gasteiger partial charge in [0.2, 0.25) is 0 Å². The van der Waals surface area contributed by atoms with Gasteiger partial charge in [-0.25, -0.2) is 4.98 Å². The fraction of sp³-hybridized carbons (Fsp3) is 0.143. The van der Waals surface area contributed by atoms with E-state index in [1.54, 1.807) is 37.3 Å². The van der Waals surface area contributed by atoms with Crippen LogP contribution < -0.4 is 15.8 Å². The normalized spacial score (nSPS) is 10.2. The Bertz CT molecular complexity index is 659. The van der Waals surface area contributed by atoms with Gasteiger partial charge in [-0.15, -0.1) is 0 Å². The third-order valence-corrected chi connectivity index (χ3v) is 3.01. The maximum absolute atomic E-state index is 12.2. The van der Waals surface area contributed by atoms with Crippen molar-refractivity contribution in [2.24, 2.45) is 0 Å². The number of ether oxygens (including phenoxy) is 1. The molecule has 0 saturated carbocycles. The molecule has 104 valence electrons. The monoisotopic (exact) mass is 291 g/mol. The van der Waals surface area contributed by atoms with Crippen molar-refractivity contribution in [2.75, 3.05) is 18.2 Å². The molecule has 0 bridgehead atoms. The van der Waals surface area contributed by atoms with E-state index in [9.17, 15) is 4.79 Å². The number of halogens is 1. The zero-order chi connectivity index (χ0) is 14.7. The summed E-state index contributed by atoms with van der Waals surface area (Å²) in [5.41, 5.74) is 7.89. The lowest BCUT2D eigenvalue weighted by Crippen LogP contribution is -2.13. The number of aryl methyl sites for hydroxylation is 1. The van der Waals surface area contributed by atoms with E-state index in [4.69, 9.17) is 22.1 Å². The summed E-state index contributed by atoms with van der Waals surface area (Å²) in [5, 5.41) is 3.15. The number of nitrogens with one attached hydrogen (secondary N) is 1. The van der Waals surface area contributed by atoms with Crippen LogP contribution in [0.15, 0.2) is 30.3 Å². The SMILES string of the molecule is COc1cc(C(=O)Nc2ccc(Cl)nc2C)ccc1N. The number of carbonyl (C=O) groups excluding carboxylic acids is 1. The third kappa shape index (κ3) is 3.00. The Morgan fingerprint density at radius 2 is 2.10 bits per heavy atom. The Labute approximate surface area is 121 Å². The lowest BCUT2D eigenvalue weighted by molar-refractivity contribution is 0.102. The van der Waals surface area contributed by atoms with E-state index in [1.165, 1.54) is 7.11 Å². The van der Waals surface area contributed by atoms with Crippen molar-refractivity contribution < 1.29 is 9.53 Å². The van der Waals surface area contributed by atoms with Gasteiger partial charge in [-0.3, -0.25) is 4.79 Å². The second-order valence-electron chi connectivity index (χ2n) is 4.18. The Hall–Kier alpha value is -2.27. The minimum atomic E-state index is -0.268. The Kier molecular flexibility index (Phi) is 4.10. The maximum atomic E-state index is 12.2. The number of nitrogens with two attached hydrogens (primary N) is 1. The van der Waals surface area contributed by atoms with Crippen LogP contribution in [0.25, 0.3) is 0 Å². The van der Waals surface area contributed by atoms with E-state index in [1.807, 2.05) is 0 Å². The topological polar surface area (TPSA) is 77.2 Å². The van der Waals surface area contributed by atoms with Gasteiger partial charge >= 0.3 is 0 Å². The fourth-order valence-electron chi connectivity index (χ4n) is 1.71. The van der Waals surface area contributed by atoms with Gasteiger partial charge in [0, 0.05) is 5.56 Å². The average molecular weight is 292 g/mol. The molecule has 3 N–H and O–H groups in total. The molecule has 1 aromatic carbocycles. The van der Waals surface area contributed by atoms with Crippen LogP contribution in [0.2, 0.25) is 5.15 Å². The van der Waals surface area contributed by atoms with Crippen LogP contribution in [0.5, 0.6) is 5.75 Å². The van der Waals surface area contributed by atoms with Gasteiger partial charge in [0.15, 0.2) is 0 Å². The van der Waals surface area contributed by atoms with Crippen molar-refractivity contribution in [2.45, 2.75) is 6.92 Å². The van der Waals surface area contributed by atoms with Crippen LogP contribution in [0.1, 0.15) is 16.1 Å². The number of hydrogen-bond donors (Lipinski definition) is 2. The van der Waals surface area contributed by atoms with Gasteiger partial charge in [-0.1, -0.05) is 11.6 Å². The van der Waals surface area contributed by atoms with Gasteiger partial charge in [-0.2, -0.15) is 0 Å². The number of hydrogen-bond acceptors (Lipinski definition) is 4. The number of nitrogens with zero attached hydrogens (tertiary/aromatic N) is 1. The largest absolute Gasteiger partial charge is 0.495 e. The maximum Gasteiger partial charge on any atom is 0.255 e. The van der Waals surface area contributed by atoms with E-state index in [2.05, 4.69) is 10.3 Å².